The van der Waals surface area contributed by atoms with Gasteiger partial charge in [0.25, 0.3) is 5.69 Å². The van der Waals surface area contributed by atoms with E-state index in [4.69, 9.17) is 5.73 Å². The van der Waals surface area contributed by atoms with E-state index in [1.165, 1.54) is 55.6 Å². The molecule has 0 aliphatic heterocycles. The summed E-state index contributed by atoms with van der Waals surface area (Å²) >= 11 is 6.80. The molecule has 0 radical (unpaired) electrons. The Morgan fingerprint density at radius 3 is 1.33 bits per heavy atom. The van der Waals surface area contributed by atoms with E-state index in [-0.39, 0.29) is 69.7 Å². The summed E-state index contributed by atoms with van der Waals surface area (Å²) in [6.07, 6.45) is 5.19. The zero-order valence-electron chi connectivity index (χ0n) is 27.2. The summed E-state index contributed by atoms with van der Waals surface area (Å²) in [6, 6.07) is 11.4. The Hall–Kier alpha value is -1.91. The molecule has 0 atom stereocenters. The molecule has 13 nitrogen and oxygen atoms in total. The number of benzene rings is 3. The first-order chi connectivity index (χ1) is 21.8. The van der Waals surface area contributed by atoms with Crippen LogP contribution in [0.5, 0.6) is 0 Å². The Labute approximate surface area is 324 Å². The second kappa shape index (κ2) is 23.5. The van der Waals surface area contributed by atoms with E-state index < -0.39 is 50.9 Å². The van der Waals surface area contributed by atoms with Crippen molar-refractivity contribution >= 4 is 82.7 Å². The van der Waals surface area contributed by atoms with Gasteiger partial charge in [-0.25, -0.2) is 25.3 Å². The van der Waals surface area contributed by atoms with E-state index in [1.807, 2.05) is 6.26 Å². The molecular weight excluding hydrogens is 773 g/mol. The second-order valence-corrected chi connectivity index (χ2v) is 17.1. The fraction of sp³-hybridized carbons (Fsp3) is 0.357. The Kier molecular flexibility index (Phi) is 24.7. The maximum absolute atomic E-state index is 12.9. The van der Waals surface area contributed by atoms with Gasteiger partial charge in [0.1, 0.15) is 0 Å². The van der Waals surface area contributed by atoms with Crippen molar-refractivity contribution in [1.29, 1.82) is 0 Å². The van der Waals surface area contributed by atoms with Gasteiger partial charge in [-0.1, -0.05) is 28.2 Å². The number of nitrogens with zero attached hydrogens (tertiary/aromatic N) is 2. The molecule has 49 heavy (non-hydrogen) atoms. The third-order valence-electron chi connectivity index (χ3n) is 5.88. The molecule has 0 heterocycles. The molecule has 0 aliphatic rings. The first-order valence-electron chi connectivity index (χ1n) is 13.1. The number of hydrogen-bond acceptors (Lipinski definition) is 14. The normalized spacial score (nSPS) is 10.6. The van der Waals surface area contributed by atoms with Crippen LogP contribution in [0.1, 0.15) is 28.2 Å². The number of thioether (sulfide) groups is 2. The van der Waals surface area contributed by atoms with Crippen LogP contribution in [0.4, 0.5) is 21.5 Å². The molecular formula is C28H39FN3NaO10S6. The van der Waals surface area contributed by atoms with Crippen LogP contribution in [-0.4, -0.2) is 71.1 Å². The van der Waals surface area contributed by atoms with E-state index in [9.17, 15) is 49.9 Å². The summed E-state index contributed by atoms with van der Waals surface area (Å²) in [5.74, 6) is -1.20. The minimum Gasteiger partial charge on any atom is -0.796 e. The van der Waals surface area contributed by atoms with Gasteiger partial charge in [-0.05, 0) is 55.0 Å². The third kappa shape index (κ3) is 15.5. The van der Waals surface area contributed by atoms with Crippen molar-refractivity contribution < 1.29 is 69.0 Å². The molecule has 0 saturated heterocycles. The van der Waals surface area contributed by atoms with E-state index in [0.717, 1.165) is 29.2 Å². The molecule has 2 N–H and O–H groups in total. The minimum atomic E-state index is -3.54. The molecule has 0 fully saturated rings. The van der Waals surface area contributed by atoms with Gasteiger partial charge in [0, 0.05) is 22.7 Å². The molecule has 0 unspecified atom stereocenters. The van der Waals surface area contributed by atoms with Crippen molar-refractivity contribution in [3.63, 3.8) is 0 Å². The first-order valence-corrected chi connectivity index (χ1v) is 21.3. The minimum absolute atomic E-state index is 0. The average Bonchev–Trinajstić information content (AvgIpc) is 3.05. The van der Waals surface area contributed by atoms with Gasteiger partial charge in [0.2, 0.25) is 5.82 Å². The van der Waals surface area contributed by atoms with Crippen molar-refractivity contribution in [2.75, 3.05) is 41.8 Å². The SMILES string of the molecule is C.CCS(=O)(=O)c1ccc(F)c([N+](=O)[O-])c1.CCS(=O)(=O)c1ccc(SC)c(N)c1.CCS(=O)(=O)c1ccc(SC)c([N+](=O)[O-])c1.C[S-].[Na+]. The van der Waals surface area contributed by atoms with Crippen molar-refractivity contribution in [2.24, 2.45) is 0 Å². The van der Waals surface area contributed by atoms with Crippen LogP contribution in [0, 0.1) is 26.0 Å². The zero-order valence-corrected chi connectivity index (χ0v) is 34.1. The predicted octanol–water partition coefficient (Wildman–Crippen LogP) is 3.23. The van der Waals surface area contributed by atoms with Crippen molar-refractivity contribution in [1.82, 2.24) is 0 Å². The maximum Gasteiger partial charge on any atom is 1.00 e. The van der Waals surface area contributed by atoms with E-state index in [0.29, 0.717) is 15.5 Å². The topological polar surface area (TPSA) is 215 Å². The number of nitro benzene ring substituents is 2. The first kappa shape index (κ1) is 51.5. The summed E-state index contributed by atoms with van der Waals surface area (Å²) in [5.41, 5.74) is 5.22. The molecule has 21 heteroatoms. The van der Waals surface area contributed by atoms with Gasteiger partial charge < -0.3 is 18.4 Å². The summed E-state index contributed by atoms with van der Waals surface area (Å²) in [6.45, 7) is 4.53. The van der Waals surface area contributed by atoms with Gasteiger partial charge in [0.15, 0.2) is 29.5 Å². The molecule has 3 aromatic rings. The number of rotatable bonds is 10. The van der Waals surface area contributed by atoms with Gasteiger partial charge in [0.05, 0.1) is 46.7 Å². The Morgan fingerprint density at radius 2 is 1.00 bits per heavy atom. The predicted molar refractivity (Wildman–Crippen MR) is 194 cm³/mol. The number of sulfone groups is 3. The van der Waals surface area contributed by atoms with E-state index in [2.05, 4.69) is 12.6 Å². The van der Waals surface area contributed by atoms with Gasteiger partial charge >= 0.3 is 35.2 Å². The number of hydrogen-bond donors (Lipinski definition) is 1. The number of nitrogens with two attached hydrogens (primary N) is 1. The fourth-order valence-electron chi connectivity index (χ4n) is 3.24. The summed E-state index contributed by atoms with van der Waals surface area (Å²) in [4.78, 5) is 21.0. The van der Waals surface area contributed by atoms with Crippen molar-refractivity contribution in [2.45, 2.75) is 52.7 Å². The fourth-order valence-corrected chi connectivity index (χ4v) is 7.00. The van der Waals surface area contributed by atoms with Crippen LogP contribution in [0.3, 0.4) is 0 Å². The Morgan fingerprint density at radius 1 is 0.673 bits per heavy atom. The molecule has 0 bridgehead atoms. The summed E-state index contributed by atoms with van der Waals surface area (Å²) in [5, 5.41) is 21.1. The molecule has 0 saturated carbocycles. The largest absolute Gasteiger partial charge is 1.00 e. The van der Waals surface area contributed by atoms with Crippen LogP contribution in [0.2, 0.25) is 0 Å². The number of nitrogen functional groups attached to an aromatic ring is 1. The summed E-state index contributed by atoms with van der Waals surface area (Å²) in [7, 11) is -10.1. The number of halogens is 1. The van der Waals surface area contributed by atoms with E-state index >= 15 is 0 Å². The van der Waals surface area contributed by atoms with Gasteiger partial charge in [-0.3, -0.25) is 20.2 Å². The number of anilines is 1. The van der Waals surface area contributed by atoms with Crippen LogP contribution >= 0.6 is 23.5 Å². The maximum atomic E-state index is 12.9. The van der Waals surface area contributed by atoms with Gasteiger partial charge in [-0.15, -0.1) is 23.5 Å². The average molecular weight is 812 g/mol. The quantitative estimate of drug-likeness (QED) is 0.0592. The third-order valence-corrected chi connectivity index (χ3v) is 12.7. The summed E-state index contributed by atoms with van der Waals surface area (Å²) < 4.78 is 81.6. The smallest absolute Gasteiger partial charge is 0.796 e. The standard InChI is InChI=1S/C9H11NO4S2.C9H13NO2S2.C8H8FNO4S.CH4S.CH4.Na/c1-3-16(13,14)7-4-5-9(15-2)8(6-7)10(11)12;1-3-14(11,12)7-4-5-9(13-2)8(10)6-7;1-2-15(13,14)6-3-4-7(9)8(5-6)10(11)12;1-2;;/h4-6H,3H2,1-2H3;4-6H,3,10H2,1-2H3;3-5H,2H2,1H3;2H,1H3;1H4;/q;;;;;+1/p-1. The monoisotopic (exact) mass is 811 g/mol. The van der Waals surface area contributed by atoms with E-state index in [1.54, 1.807) is 31.6 Å². The Balaban J connectivity index is -0.000000620. The van der Waals surface area contributed by atoms with Crippen LogP contribution in [0.25, 0.3) is 0 Å². The molecule has 3 aromatic carbocycles. The molecule has 0 amide bonds. The van der Waals surface area contributed by atoms with Crippen LogP contribution < -0.4 is 35.3 Å². The van der Waals surface area contributed by atoms with Crippen molar-refractivity contribution in [3.05, 3.63) is 80.6 Å². The Bertz CT molecular complexity index is 1880. The van der Waals surface area contributed by atoms with Crippen molar-refractivity contribution in [3.8, 4) is 0 Å². The van der Waals surface area contributed by atoms with Gasteiger partial charge in [-0.2, -0.15) is 10.6 Å². The molecule has 270 valence electrons. The molecule has 0 spiro atoms. The molecule has 0 aromatic heterocycles. The van der Waals surface area contributed by atoms with Crippen LogP contribution in [-0.2, 0) is 42.1 Å². The zero-order chi connectivity index (χ0) is 36.8. The second-order valence-electron chi connectivity index (χ2n) is 8.58. The van der Waals surface area contributed by atoms with Crippen LogP contribution in [0.15, 0.2) is 79.1 Å². The number of nitro groups is 2. The molecule has 3 rings (SSSR count). The molecule has 0 aliphatic carbocycles.